The van der Waals surface area contributed by atoms with Crippen LogP contribution in [0.4, 0.5) is 0 Å². The molecule has 0 radical (unpaired) electrons. The van der Waals surface area contributed by atoms with Crippen LogP contribution in [0.2, 0.25) is 0 Å². The highest BCUT2D eigenvalue weighted by atomic mass is 32.2. The highest BCUT2D eigenvalue weighted by Crippen LogP contribution is 2.25. The fourth-order valence-corrected chi connectivity index (χ4v) is 2.94. The van der Waals surface area contributed by atoms with Gasteiger partial charge in [-0.2, -0.15) is 0 Å². The molecule has 1 amide bonds. The summed E-state index contributed by atoms with van der Waals surface area (Å²) in [7, 11) is 0. The van der Waals surface area contributed by atoms with E-state index in [0.29, 0.717) is 17.7 Å². The maximum absolute atomic E-state index is 11.4. The van der Waals surface area contributed by atoms with Gasteiger partial charge in [-0.15, -0.1) is 0 Å². The highest BCUT2D eigenvalue weighted by Gasteiger charge is 2.20. The molecule has 4 nitrogen and oxygen atoms in total. The lowest BCUT2D eigenvalue weighted by Gasteiger charge is -2.12. The Kier molecular flexibility index (Phi) is 5.82. The Morgan fingerprint density at radius 2 is 2.18 bits per heavy atom. The molecule has 0 aromatic heterocycles. The second kappa shape index (κ2) is 6.89. The van der Waals surface area contributed by atoms with E-state index in [9.17, 15) is 4.79 Å². The molecule has 1 aliphatic heterocycles. The van der Waals surface area contributed by atoms with Crippen LogP contribution < -0.4 is 10.6 Å². The summed E-state index contributed by atoms with van der Waals surface area (Å²) in [6, 6.07) is 0.191. The number of hydrogen-bond donors (Lipinski definition) is 2. The number of amidine groups is 1. The number of amides is 1. The Labute approximate surface area is 108 Å². The average Bonchev–Trinajstić information content (AvgIpc) is 2.60. The van der Waals surface area contributed by atoms with Crippen molar-refractivity contribution in [1.82, 2.24) is 10.6 Å². The Hall–Kier alpha value is -0.710. The number of carbonyl (C=O) groups is 1. The number of nitrogens with one attached hydrogen (secondary N) is 2. The van der Waals surface area contributed by atoms with Gasteiger partial charge in [0.15, 0.2) is 5.17 Å². The normalized spacial score (nSPS) is 19.6. The molecule has 17 heavy (non-hydrogen) atoms. The third kappa shape index (κ3) is 5.96. The summed E-state index contributed by atoms with van der Waals surface area (Å²) in [5.74, 6) is 0.724. The van der Waals surface area contributed by atoms with E-state index in [4.69, 9.17) is 0 Å². The maximum Gasteiger partial charge on any atom is 0.239 e. The molecular weight excluding hydrogens is 234 g/mol. The van der Waals surface area contributed by atoms with Crippen LogP contribution in [0.15, 0.2) is 4.99 Å². The molecule has 0 spiro atoms. The first kappa shape index (κ1) is 14.4. The van der Waals surface area contributed by atoms with Gasteiger partial charge in [-0.1, -0.05) is 25.6 Å². The highest BCUT2D eigenvalue weighted by molar-refractivity contribution is 8.14. The van der Waals surface area contributed by atoms with Gasteiger partial charge >= 0.3 is 0 Å². The van der Waals surface area contributed by atoms with Gasteiger partial charge in [-0.25, -0.2) is 0 Å². The van der Waals surface area contributed by atoms with E-state index < -0.39 is 0 Å². The minimum atomic E-state index is 0.0237. The molecule has 0 saturated carbocycles. The van der Waals surface area contributed by atoms with Crippen LogP contribution in [-0.4, -0.2) is 35.5 Å². The van der Waals surface area contributed by atoms with E-state index in [1.807, 2.05) is 13.8 Å². The van der Waals surface area contributed by atoms with E-state index >= 15 is 0 Å². The first-order valence-electron chi connectivity index (χ1n) is 6.21. The Balaban J connectivity index is 2.19. The summed E-state index contributed by atoms with van der Waals surface area (Å²) in [6.07, 6.45) is 1.18. The van der Waals surface area contributed by atoms with Gasteiger partial charge in [0.1, 0.15) is 0 Å². The molecule has 1 aliphatic rings. The van der Waals surface area contributed by atoms with Crippen LogP contribution in [0, 0.1) is 5.92 Å². The van der Waals surface area contributed by atoms with E-state index in [-0.39, 0.29) is 11.9 Å². The van der Waals surface area contributed by atoms with Crippen molar-refractivity contribution >= 4 is 22.8 Å². The third-order valence-electron chi connectivity index (χ3n) is 2.30. The predicted octanol–water partition coefficient (Wildman–Crippen LogP) is 1.62. The van der Waals surface area contributed by atoms with Crippen molar-refractivity contribution in [2.24, 2.45) is 10.9 Å². The number of aliphatic imine (C=N–C) groups is 1. The lowest BCUT2D eigenvalue weighted by atomic mass is 10.1. The SMILES string of the molecule is CC(C)CC1CN=C(NCC(=O)NC(C)C)S1. The second-order valence-corrected chi connectivity index (χ2v) is 6.38. The van der Waals surface area contributed by atoms with Crippen molar-refractivity contribution in [1.29, 1.82) is 0 Å². The van der Waals surface area contributed by atoms with E-state index in [2.05, 4.69) is 29.5 Å². The Morgan fingerprint density at radius 1 is 1.47 bits per heavy atom. The van der Waals surface area contributed by atoms with Gasteiger partial charge in [0.2, 0.25) is 5.91 Å². The van der Waals surface area contributed by atoms with E-state index in [1.165, 1.54) is 6.42 Å². The van der Waals surface area contributed by atoms with Crippen molar-refractivity contribution in [3.8, 4) is 0 Å². The monoisotopic (exact) mass is 257 g/mol. The van der Waals surface area contributed by atoms with Crippen molar-refractivity contribution in [2.75, 3.05) is 13.1 Å². The molecule has 0 aliphatic carbocycles. The van der Waals surface area contributed by atoms with Gasteiger partial charge in [0.25, 0.3) is 0 Å². The number of rotatable bonds is 5. The minimum absolute atomic E-state index is 0.0237. The van der Waals surface area contributed by atoms with Crippen molar-refractivity contribution in [3.63, 3.8) is 0 Å². The van der Waals surface area contributed by atoms with Gasteiger partial charge in [0, 0.05) is 11.3 Å². The molecule has 98 valence electrons. The van der Waals surface area contributed by atoms with Crippen LogP contribution >= 0.6 is 11.8 Å². The van der Waals surface area contributed by atoms with Gasteiger partial charge in [-0.05, 0) is 26.2 Å². The van der Waals surface area contributed by atoms with E-state index in [0.717, 1.165) is 11.7 Å². The van der Waals surface area contributed by atoms with Crippen LogP contribution in [0.1, 0.15) is 34.1 Å². The standard InChI is InChI=1S/C12H23N3OS/c1-8(2)5-10-6-13-12(17-10)14-7-11(16)15-9(3)4/h8-10H,5-7H2,1-4H3,(H,13,14)(H,15,16). The first-order chi connectivity index (χ1) is 7.97. The maximum atomic E-state index is 11.4. The van der Waals surface area contributed by atoms with Gasteiger partial charge < -0.3 is 10.6 Å². The lowest BCUT2D eigenvalue weighted by molar-refractivity contribution is -0.120. The van der Waals surface area contributed by atoms with Crippen molar-refractivity contribution in [2.45, 2.75) is 45.4 Å². The summed E-state index contributed by atoms with van der Waals surface area (Å²) in [4.78, 5) is 15.8. The number of nitrogens with zero attached hydrogens (tertiary/aromatic N) is 1. The second-order valence-electron chi connectivity index (χ2n) is 5.09. The summed E-state index contributed by atoms with van der Waals surface area (Å²) in [5.41, 5.74) is 0. The molecule has 0 saturated heterocycles. The predicted molar refractivity (Wildman–Crippen MR) is 74.4 cm³/mol. The molecule has 2 N–H and O–H groups in total. The van der Waals surface area contributed by atoms with Gasteiger partial charge in [0.05, 0.1) is 13.1 Å². The van der Waals surface area contributed by atoms with Crippen LogP contribution in [0.5, 0.6) is 0 Å². The number of thioether (sulfide) groups is 1. The zero-order valence-electron chi connectivity index (χ0n) is 11.1. The van der Waals surface area contributed by atoms with Gasteiger partial charge in [-0.3, -0.25) is 9.79 Å². The smallest absolute Gasteiger partial charge is 0.239 e. The summed E-state index contributed by atoms with van der Waals surface area (Å²) in [5, 5.41) is 7.42. The molecule has 0 aromatic rings. The van der Waals surface area contributed by atoms with E-state index in [1.54, 1.807) is 11.8 Å². The fraction of sp³-hybridized carbons (Fsp3) is 0.833. The van der Waals surface area contributed by atoms with Crippen molar-refractivity contribution < 1.29 is 4.79 Å². The topological polar surface area (TPSA) is 53.5 Å². The quantitative estimate of drug-likeness (QED) is 0.787. The van der Waals surface area contributed by atoms with Crippen molar-refractivity contribution in [3.05, 3.63) is 0 Å². The molecule has 1 heterocycles. The number of hydrogen-bond acceptors (Lipinski definition) is 4. The third-order valence-corrected chi connectivity index (χ3v) is 3.47. The fourth-order valence-electron chi connectivity index (χ4n) is 1.69. The van der Waals surface area contributed by atoms with Crippen LogP contribution in [-0.2, 0) is 4.79 Å². The molecule has 5 heteroatoms. The Morgan fingerprint density at radius 3 is 2.76 bits per heavy atom. The summed E-state index contributed by atoms with van der Waals surface area (Å²) >= 11 is 1.76. The summed E-state index contributed by atoms with van der Waals surface area (Å²) in [6.45, 7) is 9.55. The Bertz CT molecular complexity index is 289. The molecular formula is C12H23N3OS. The zero-order valence-corrected chi connectivity index (χ0v) is 11.9. The lowest BCUT2D eigenvalue weighted by Crippen LogP contribution is -2.38. The molecule has 1 rings (SSSR count). The molecule has 0 fully saturated rings. The van der Waals surface area contributed by atoms with Crippen LogP contribution in [0.3, 0.4) is 0 Å². The first-order valence-corrected chi connectivity index (χ1v) is 7.09. The molecule has 1 unspecified atom stereocenters. The minimum Gasteiger partial charge on any atom is -0.356 e. The van der Waals surface area contributed by atoms with Crippen LogP contribution in [0.25, 0.3) is 0 Å². The largest absolute Gasteiger partial charge is 0.356 e. The number of carbonyl (C=O) groups excluding carboxylic acids is 1. The molecule has 1 atom stereocenters. The zero-order chi connectivity index (χ0) is 12.8. The average molecular weight is 257 g/mol. The molecule has 0 bridgehead atoms. The molecule has 0 aromatic carbocycles. The summed E-state index contributed by atoms with van der Waals surface area (Å²) < 4.78 is 0.